The van der Waals surface area contributed by atoms with Crippen LogP contribution in [0, 0.1) is 0 Å². The van der Waals surface area contributed by atoms with Gasteiger partial charge in [0.25, 0.3) is 0 Å². The number of halogens is 2. The van der Waals surface area contributed by atoms with Crippen LogP contribution in [-0.4, -0.2) is 5.11 Å². The fourth-order valence-corrected chi connectivity index (χ4v) is 2.66. The minimum absolute atomic E-state index is 0.448. The molecule has 0 unspecified atom stereocenters. The number of hydrogen-bond donors (Lipinski definition) is 1. The van der Waals surface area contributed by atoms with Gasteiger partial charge in [0, 0.05) is 0 Å². The Bertz CT molecular complexity index is 763. The van der Waals surface area contributed by atoms with Crippen molar-refractivity contribution in [1.29, 1.82) is 0 Å². The van der Waals surface area contributed by atoms with Crippen LogP contribution >= 0.6 is 23.2 Å². The second kappa shape index (κ2) is 5.45. The standard InChI is InChI=1S/C17H12Cl2O/c18-15-9-8-12(10-16(15)19)17(20)14-7-3-5-11-4-1-2-6-13(11)14/h1-10,17,20H/t17-/m1/s1. The lowest BCUT2D eigenvalue weighted by atomic mass is 9.96. The maximum atomic E-state index is 10.6. The topological polar surface area (TPSA) is 20.2 Å². The molecule has 1 nitrogen and oxygen atoms in total. The number of hydrogen-bond acceptors (Lipinski definition) is 1. The second-order valence-corrected chi connectivity index (χ2v) is 5.46. The maximum Gasteiger partial charge on any atom is 0.105 e. The highest BCUT2D eigenvalue weighted by molar-refractivity contribution is 6.42. The van der Waals surface area contributed by atoms with Gasteiger partial charge in [-0.25, -0.2) is 0 Å². The molecule has 0 radical (unpaired) electrons. The van der Waals surface area contributed by atoms with E-state index in [4.69, 9.17) is 23.2 Å². The van der Waals surface area contributed by atoms with Crippen LogP contribution in [-0.2, 0) is 0 Å². The first-order valence-corrected chi connectivity index (χ1v) is 7.03. The molecular formula is C17H12Cl2O. The van der Waals surface area contributed by atoms with E-state index in [9.17, 15) is 5.11 Å². The van der Waals surface area contributed by atoms with E-state index in [0.717, 1.165) is 21.9 Å². The first-order chi connectivity index (χ1) is 9.66. The van der Waals surface area contributed by atoms with Gasteiger partial charge >= 0.3 is 0 Å². The van der Waals surface area contributed by atoms with Gasteiger partial charge in [0.05, 0.1) is 10.0 Å². The predicted octanol–water partition coefficient (Wildman–Crippen LogP) is 5.23. The first-order valence-electron chi connectivity index (χ1n) is 6.27. The lowest BCUT2D eigenvalue weighted by molar-refractivity contribution is 0.222. The molecule has 100 valence electrons. The molecule has 0 saturated heterocycles. The molecule has 0 heterocycles. The quantitative estimate of drug-likeness (QED) is 0.687. The van der Waals surface area contributed by atoms with Crippen molar-refractivity contribution in [2.75, 3.05) is 0 Å². The van der Waals surface area contributed by atoms with Crippen LogP contribution in [0.1, 0.15) is 17.2 Å². The average Bonchev–Trinajstić information content (AvgIpc) is 2.49. The molecule has 0 saturated carbocycles. The number of rotatable bonds is 2. The van der Waals surface area contributed by atoms with E-state index in [1.54, 1.807) is 18.2 Å². The van der Waals surface area contributed by atoms with Gasteiger partial charge in [0.15, 0.2) is 0 Å². The highest BCUT2D eigenvalue weighted by Crippen LogP contribution is 2.32. The molecule has 0 aliphatic heterocycles. The lowest BCUT2D eigenvalue weighted by Gasteiger charge is -2.15. The normalized spacial score (nSPS) is 12.6. The highest BCUT2D eigenvalue weighted by atomic mass is 35.5. The fourth-order valence-electron chi connectivity index (χ4n) is 2.35. The molecule has 0 spiro atoms. The Morgan fingerprint density at radius 3 is 2.35 bits per heavy atom. The van der Waals surface area contributed by atoms with Crippen molar-refractivity contribution in [2.45, 2.75) is 6.10 Å². The summed E-state index contributed by atoms with van der Waals surface area (Å²) in [6.45, 7) is 0. The zero-order valence-corrected chi connectivity index (χ0v) is 12.1. The van der Waals surface area contributed by atoms with Crippen molar-refractivity contribution < 1.29 is 5.11 Å². The smallest absolute Gasteiger partial charge is 0.105 e. The lowest BCUT2D eigenvalue weighted by Crippen LogP contribution is -2.00. The first kappa shape index (κ1) is 13.4. The minimum atomic E-state index is -0.726. The number of aliphatic hydroxyl groups is 1. The van der Waals surface area contributed by atoms with Gasteiger partial charge in [-0.1, -0.05) is 71.7 Å². The van der Waals surface area contributed by atoms with E-state index >= 15 is 0 Å². The second-order valence-electron chi connectivity index (χ2n) is 4.64. The van der Waals surface area contributed by atoms with Crippen molar-refractivity contribution in [2.24, 2.45) is 0 Å². The Morgan fingerprint density at radius 2 is 1.55 bits per heavy atom. The summed E-state index contributed by atoms with van der Waals surface area (Å²) in [6.07, 6.45) is -0.726. The van der Waals surface area contributed by atoms with Crippen molar-refractivity contribution >= 4 is 34.0 Å². The summed E-state index contributed by atoms with van der Waals surface area (Å²) in [5.41, 5.74) is 1.59. The van der Waals surface area contributed by atoms with Crippen molar-refractivity contribution in [3.05, 3.63) is 81.8 Å². The molecule has 0 amide bonds. The number of fused-ring (bicyclic) bond motifs is 1. The molecule has 0 aliphatic rings. The summed E-state index contributed by atoms with van der Waals surface area (Å²) >= 11 is 11.9. The monoisotopic (exact) mass is 302 g/mol. The molecule has 1 atom stereocenters. The van der Waals surface area contributed by atoms with E-state index in [0.29, 0.717) is 10.0 Å². The van der Waals surface area contributed by atoms with E-state index in [1.807, 2.05) is 42.5 Å². The summed E-state index contributed by atoms with van der Waals surface area (Å²) in [5, 5.41) is 13.7. The third kappa shape index (κ3) is 2.40. The van der Waals surface area contributed by atoms with E-state index < -0.39 is 6.10 Å². The summed E-state index contributed by atoms with van der Waals surface area (Å²) in [7, 11) is 0. The van der Waals surface area contributed by atoms with Crippen LogP contribution in [0.2, 0.25) is 10.0 Å². The minimum Gasteiger partial charge on any atom is -0.384 e. The van der Waals surface area contributed by atoms with Crippen LogP contribution in [0.25, 0.3) is 10.8 Å². The summed E-state index contributed by atoms with van der Waals surface area (Å²) < 4.78 is 0. The Morgan fingerprint density at radius 1 is 0.800 bits per heavy atom. The van der Waals surface area contributed by atoms with Gasteiger partial charge in [-0.05, 0) is 34.0 Å². The fraction of sp³-hybridized carbons (Fsp3) is 0.0588. The SMILES string of the molecule is O[C@H](c1ccc(Cl)c(Cl)c1)c1cccc2ccccc12. The van der Waals surface area contributed by atoms with Gasteiger partial charge < -0.3 is 5.11 Å². The molecule has 20 heavy (non-hydrogen) atoms. The molecule has 3 rings (SSSR count). The van der Waals surface area contributed by atoms with E-state index in [2.05, 4.69) is 0 Å². The van der Waals surface area contributed by atoms with Gasteiger partial charge in [-0.15, -0.1) is 0 Å². The van der Waals surface area contributed by atoms with E-state index in [-0.39, 0.29) is 0 Å². The largest absolute Gasteiger partial charge is 0.384 e. The van der Waals surface area contributed by atoms with Crippen LogP contribution in [0.5, 0.6) is 0 Å². The third-order valence-corrected chi connectivity index (χ3v) is 4.12. The number of benzene rings is 3. The third-order valence-electron chi connectivity index (χ3n) is 3.38. The van der Waals surface area contributed by atoms with Gasteiger partial charge in [0.2, 0.25) is 0 Å². The summed E-state index contributed by atoms with van der Waals surface area (Å²) in [5.74, 6) is 0. The van der Waals surface area contributed by atoms with E-state index in [1.165, 1.54) is 0 Å². The molecule has 3 aromatic rings. The summed E-state index contributed by atoms with van der Waals surface area (Å²) in [4.78, 5) is 0. The highest BCUT2D eigenvalue weighted by Gasteiger charge is 2.14. The van der Waals surface area contributed by atoms with Crippen molar-refractivity contribution in [3.63, 3.8) is 0 Å². The van der Waals surface area contributed by atoms with Crippen LogP contribution in [0.3, 0.4) is 0 Å². The van der Waals surface area contributed by atoms with Crippen LogP contribution in [0.15, 0.2) is 60.7 Å². The van der Waals surface area contributed by atoms with Gasteiger partial charge in [-0.2, -0.15) is 0 Å². The molecule has 0 aliphatic carbocycles. The van der Waals surface area contributed by atoms with Crippen molar-refractivity contribution in [1.82, 2.24) is 0 Å². The van der Waals surface area contributed by atoms with Crippen LogP contribution in [0.4, 0.5) is 0 Å². The average molecular weight is 303 g/mol. The molecule has 0 fully saturated rings. The Labute approximate surface area is 127 Å². The zero-order chi connectivity index (χ0) is 14.1. The van der Waals surface area contributed by atoms with Crippen molar-refractivity contribution in [3.8, 4) is 0 Å². The summed E-state index contributed by atoms with van der Waals surface area (Å²) in [6, 6.07) is 19.1. The Hall–Kier alpha value is -1.54. The molecule has 3 aromatic carbocycles. The Kier molecular flexibility index (Phi) is 3.66. The Balaban J connectivity index is 2.12. The zero-order valence-electron chi connectivity index (χ0n) is 10.6. The maximum absolute atomic E-state index is 10.6. The number of aliphatic hydroxyl groups excluding tert-OH is 1. The molecule has 1 N–H and O–H groups in total. The van der Waals surface area contributed by atoms with Gasteiger partial charge in [-0.3, -0.25) is 0 Å². The molecular weight excluding hydrogens is 291 g/mol. The predicted molar refractivity (Wildman–Crippen MR) is 84.5 cm³/mol. The molecule has 0 bridgehead atoms. The molecule has 3 heteroatoms. The van der Waals surface area contributed by atoms with Gasteiger partial charge in [0.1, 0.15) is 6.10 Å². The van der Waals surface area contributed by atoms with Crippen LogP contribution < -0.4 is 0 Å². The molecule has 0 aromatic heterocycles.